The van der Waals surface area contributed by atoms with Crippen molar-refractivity contribution >= 4 is 55.8 Å². The van der Waals surface area contributed by atoms with Crippen LogP contribution in [0.1, 0.15) is 42.3 Å². The van der Waals surface area contributed by atoms with Crippen molar-refractivity contribution in [3.8, 4) is 11.4 Å². The number of amides is 2. The van der Waals surface area contributed by atoms with Crippen LogP contribution < -0.4 is 15.8 Å². The Morgan fingerprint density at radius 1 is 1.20 bits per heavy atom. The molecule has 3 aromatic heterocycles. The lowest BCUT2D eigenvalue weighted by Crippen LogP contribution is -2.29. The fourth-order valence-corrected chi connectivity index (χ4v) is 4.79. The minimum absolute atomic E-state index is 0.0828. The summed E-state index contributed by atoms with van der Waals surface area (Å²) in [5.41, 5.74) is 9.26. The first-order valence-electron chi connectivity index (χ1n) is 10.8. The van der Waals surface area contributed by atoms with Crippen LogP contribution in [0.5, 0.6) is 5.75 Å². The summed E-state index contributed by atoms with van der Waals surface area (Å²) in [5.74, 6) is 0.0549. The van der Waals surface area contributed by atoms with Crippen LogP contribution in [-0.2, 0) is 11.8 Å². The number of aromatic nitrogens is 4. The zero-order chi connectivity index (χ0) is 25.8. The highest BCUT2D eigenvalue weighted by Crippen LogP contribution is 2.42. The van der Waals surface area contributed by atoms with Crippen molar-refractivity contribution < 1.29 is 19.1 Å². The van der Waals surface area contributed by atoms with E-state index in [0.29, 0.717) is 38.1 Å². The van der Waals surface area contributed by atoms with E-state index < -0.39 is 17.6 Å². The molecule has 11 heteroatoms. The highest BCUT2D eigenvalue weighted by molar-refractivity contribution is 9.10. The van der Waals surface area contributed by atoms with Crippen molar-refractivity contribution in [3.05, 3.63) is 39.8 Å². The fraction of sp³-hybridized carbons (Fsp3) is 0.333. The lowest BCUT2D eigenvalue weighted by atomic mass is 10.1. The van der Waals surface area contributed by atoms with Crippen LogP contribution in [0.2, 0.25) is 0 Å². The number of carbonyl (C=O) groups is 2. The third-order valence-corrected chi connectivity index (χ3v) is 6.18. The minimum Gasteiger partial charge on any atom is -0.496 e. The van der Waals surface area contributed by atoms with Crippen LogP contribution >= 0.6 is 15.9 Å². The molecule has 4 aromatic rings. The van der Waals surface area contributed by atoms with E-state index >= 15 is 0 Å². The number of anilines is 1. The number of pyridine rings is 1. The number of primary amides is 1. The van der Waals surface area contributed by atoms with Crippen molar-refractivity contribution in [2.24, 2.45) is 12.8 Å². The van der Waals surface area contributed by atoms with Gasteiger partial charge in [0, 0.05) is 12.6 Å². The molecule has 3 N–H and O–H groups in total. The number of nitrogens with one attached hydrogen (secondary N) is 1. The van der Waals surface area contributed by atoms with Crippen molar-refractivity contribution in [2.75, 3.05) is 12.4 Å². The van der Waals surface area contributed by atoms with Gasteiger partial charge in [0.15, 0.2) is 5.65 Å². The highest BCUT2D eigenvalue weighted by Gasteiger charge is 2.31. The number of fused-ring (bicyclic) bond motifs is 3. The lowest BCUT2D eigenvalue weighted by molar-refractivity contribution is 0.0635. The zero-order valence-corrected chi connectivity index (χ0v) is 22.2. The van der Waals surface area contributed by atoms with Gasteiger partial charge in [-0.15, -0.1) is 0 Å². The number of nitrogens with two attached hydrogens (primary N) is 1. The van der Waals surface area contributed by atoms with E-state index in [9.17, 15) is 9.59 Å². The molecule has 1 aromatic carbocycles. The molecule has 0 aliphatic rings. The van der Waals surface area contributed by atoms with Crippen LogP contribution in [0, 0.1) is 13.8 Å². The Hall–Kier alpha value is -3.60. The Kier molecular flexibility index (Phi) is 6.00. The van der Waals surface area contributed by atoms with Gasteiger partial charge in [0.2, 0.25) is 0 Å². The van der Waals surface area contributed by atoms with Gasteiger partial charge in [-0.3, -0.25) is 14.7 Å². The zero-order valence-electron chi connectivity index (χ0n) is 20.6. The maximum atomic E-state index is 12.9. The van der Waals surface area contributed by atoms with Crippen LogP contribution in [0.4, 0.5) is 10.6 Å². The van der Waals surface area contributed by atoms with E-state index in [-0.39, 0.29) is 11.4 Å². The second kappa shape index (κ2) is 8.56. The van der Waals surface area contributed by atoms with E-state index in [1.54, 1.807) is 43.3 Å². The quantitative estimate of drug-likeness (QED) is 0.358. The fourth-order valence-electron chi connectivity index (χ4n) is 4.23. The van der Waals surface area contributed by atoms with Crippen LogP contribution in [0.3, 0.4) is 0 Å². The van der Waals surface area contributed by atoms with Crippen molar-refractivity contribution in [1.82, 2.24) is 19.1 Å². The normalized spacial score (nSPS) is 11.8. The molecule has 2 amide bonds. The van der Waals surface area contributed by atoms with Crippen molar-refractivity contribution in [3.63, 3.8) is 0 Å². The number of methoxy groups -OCH3 is 1. The van der Waals surface area contributed by atoms with Gasteiger partial charge < -0.3 is 19.8 Å². The van der Waals surface area contributed by atoms with E-state index in [0.717, 1.165) is 11.1 Å². The van der Waals surface area contributed by atoms with Gasteiger partial charge in [0.25, 0.3) is 5.91 Å². The Balaban J connectivity index is 2.22. The highest BCUT2D eigenvalue weighted by atomic mass is 79.9. The second-order valence-electron chi connectivity index (χ2n) is 9.26. The first-order valence-corrected chi connectivity index (χ1v) is 11.6. The molecule has 0 saturated carbocycles. The molecule has 4 rings (SSSR count). The Labute approximate surface area is 210 Å². The first kappa shape index (κ1) is 24.5. The molecule has 0 atom stereocenters. The maximum absolute atomic E-state index is 12.9. The molecule has 184 valence electrons. The molecule has 3 heterocycles. The summed E-state index contributed by atoms with van der Waals surface area (Å²) in [6.45, 7) is 9.10. The average molecular weight is 543 g/mol. The number of hydrogen-bond acceptors (Lipinski definition) is 6. The van der Waals surface area contributed by atoms with Gasteiger partial charge in [-0.2, -0.15) is 0 Å². The van der Waals surface area contributed by atoms with Crippen molar-refractivity contribution in [1.29, 1.82) is 0 Å². The Bertz CT molecular complexity index is 1510. The third-order valence-electron chi connectivity index (χ3n) is 5.60. The van der Waals surface area contributed by atoms with Gasteiger partial charge >= 0.3 is 6.09 Å². The lowest BCUT2D eigenvalue weighted by Gasteiger charge is -2.22. The molecule has 0 aliphatic heterocycles. The van der Waals surface area contributed by atoms with Gasteiger partial charge in [-0.25, -0.2) is 14.8 Å². The van der Waals surface area contributed by atoms with E-state index in [4.69, 9.17) is 15.2 Å². The van der Waals surface area contributed by atoms with E-state index in [2.05, 4.69) is 31.2 Å². The number of aryl methyl sites for hydroxylation is 2. The molecule has 35 heavy (non-hydrogen) atoms. The number of carbonyl (C=O) groups excluding carboxylic acids is 2. The summed E-state index contributed by atoms with van der Waals surface area (Å²) < 4.78 is 15.0. The summed E-state index contributed by atoms with van der Waals surface area (Å²) >= 11 is 3.51. The Morgan fingerprint density at radius 3 is 2.49 bits per heavy atom. The molecule has 0 radical (unpaired) electrons. The summed E-state index contributed by atoms with van der Waals surface area (Å²) in [6.07, 6.45) is 0.903. The molecule has 0 fully saturated rings. The first-order chi connectivity index (χ1) is 16.4. The molecular weight excluding hydrogens is 516 g/mol. The van der Waals surface area contributed by atoms with Crippen LogP contribution in [-0.4, -0.2) is 43.8 Å². The summed E-state index contributed by atoms with van der Waals surface area (Å²) in [7, 11) is 3.41. The number of benzene rings is 1. The molecule has 0 aliphatic carbocycles. The monoisotopic (exact) mass is 542 g/mol. The van der Waals surface area contributed by atoms with Crippen LogP contribution in [0.15, 0.2) is 23.1 Å². The minimum atomic E-state index is -0.758. The average Bonchev–Trinajstić information content (AvgIpc) is 3.26. The van der Waals surface area contributed by atoms with E-state index in [1.165, 1.54) is 0 Å². The molecule has 0 unspecified atom stereocenters. The summed E-state index contributed by atoms with van der Waals surface area (Å²) in [4.78, 5) is 34.9. The topological polar surface area (TPSA) is 126 Å². The smallest absolute Gasteiger partial charge is 0.413 e. The van der Waals surface area contributed by atoms with Gasteiger partial charge in [0.1, 0.15) is 27.3 Å². The SMILES string of the molecule is COc1ccc(C)c(-n2c(NC(=O)OC(C)(C)C)c(C(N)=O)c3c(Br)nc4c(ncn4C)c32)c1C. The number of rotatable bonds is 4. The summed E-state index contributed by atoms with van der Waals surface area (Å²) in [5, 5.41) is 3.20. The van der Waals surface area contributed by atoms with Gasteiger partial charge in [-0.05, 0) is 62.2 Å². The number of ether oxygens (including phenoxy) is 2. The standard InChI is InChI=1S/C24H27BrN6O4/c1-11-8-9-13(34-7)12(2)17(11)31-18-14(19(25)28-22-16(18)27-10-30(22)6)15(20(26)32)21(31)29-23(33)35-24(3,4)5/h8-10H,1-7H3,(H2,26,32)(H,29,33). The number of imidazole rings is 1. The van der Waals surface area contributed by atoms with Gasteiger partial charge in [-0.1, -0.05) is 6.07 Å². The maximum Gasteiger partial charge on any atom is 0.413 e. The molecule has 0 bridgehead atoms. The molecule has 10 nitrogen and oxygen atoms in total. The van der Waals surface area contributed by atoms with Crippen molar-refractivity contribution in [2.45, 2.75) is 40.2 Å². The summed E-state index contributed by atoms with van der Waals surface area (Å²) in [6, 6.07) is 3.77. The third kappa shape index (κ3) is 4.09. The predicted molar refractivity (Wildman–Crippen MR) is 137 cm³/mol. The molecule has 0 spiro atoms. The molecule has 0 saturated heterocycles. The van der Waals surface area contributed by atoms with E-state index in [1.807, 2.05) is 33.0 Å². The molecular formula is C24H27BrN6O4. The number of nitrogens with zero attached hydrogens (tertiary/aromatic N) is 4. The number of halogens is 1. The second-order valence-corrected chi connectivity index (χ2v) is 10.0. The predicted octanol–water partition coefficient (Wildman–Crippen LogP) is 4.75. The van der Waals surface area contributed by atoms with Crippen LogP contribution in [0.25, 0.3) is 27.8 Å². The van der Waals surface area contributed by atoms with Gasteiger partial charge in [0.05, 0.1) is 35.6 Å². The largest absolute Gasteiger partial charge is 0.496 e. The Morgan fingerprint density at radius 2 is 1.89 bits per heavy atom. The number of hydrogen-bond donors (Lipinski definition) is 2.